The lowest BCUT2D eigenvalue weighted by Gasteiger charge is -2.30. The van der Waals surface area contributed by atoms with Crippen LogP contribution in [0.15, 0.2) is 24.3 Å². The zero-order valence-corrected chi connectivity index (χ0v) is 13.1. The maximum absolute atomic E-state index is 12.4. The average molecular weight is 320 g/mol. The number of carbonyl (C=O) groups is 3. The maximum atomic E-state index is 12.4. The monoisotopic (exact) mass is 320 g/mol. The molecule has 2 N–H and O–H groups in total. The number of rotatable bonds is 4. The molecule has 23 heavy (non-hydrogen) atoms. The molecule has 1 aromatic carbocycles. The summed E-state index contributed by atoms with van der Waals surface area (Å²) in [6, 6.07) is 6.34. The lowest BCUT2D eigenvalue weighted by molar-refractivity contribution is -0.154. The van der Waals surface area contributed by atoms with Gasteiger partial charge in [0.15, 0.2) is 6.10 Å². The molecular formula is C16H20N2O5. The Kier molecular flexibility index (Phi) is 5.33. The summed E-state index contributed by atoms with van der Waals surface area (Å²) in [4.78, 5) is 36.7. The minimum absolute atomic E-state index is 0.0176. The van der Waals surface area contributed by atoms with Crippen LogP contribution in [0.3, 0.4) is 0 Å². The number of morpholine rings is 1. The first kappa shape index (κ1) is 17.0. The zero-order chi connectivity index (χ0) is 17.0. The summed E-state index contributed by atoms with van der Waals surface area (Å²) in [5.74, 6) is -1.55. The van der Waals surface area contributed by atoms with Crippen molar-refractivity contribution in [1.29, 1.82) is 0 Å². The number of hydrogen-bond donors (Lipinski definition) is 2. The van der Waals surface area contributed by atoms with Gasteiger partial charge in [-0.15, -0.1) is 0 Å². The lowest BCUT2D eigenvalue weighted by atomic mass is 10.1. The molecule has 0 aromatic heterocycles. The Bertz CT molecular complexity index is 597. The summed E-state index contributed by atoms with van der Waals surface area (Å²) in [5, 5.41) is 11.7. The number of carboxylic acid groups (broad SMARTS) is 1. The number of aliphatic carboxylic acids is 1. The van der Waals surface area contributed by atoms with Crippen LogP contribution in [-0.2, 0) is 9.53 Å². The molecule has 0 aliphatic carbocycles. The Balaban J connectivity index is 2.05. The average Bonchev–Trinajstić information content (AvgIpc) is 2.53. The van der Waals surface area contributed by atoms with Crippen LogP contribution in [0.4, 0.5) is 0 Å². The van der Waals surface area contributed by atoms with E-state index in [-0.39, 0.29) is 31.0 Å². The van der Waals surface area contributed by atoms with Crippen LogP contribution in [0, 0.1) is 0 Å². The van der Waals surface area contributed by atoms with Crippen molar-refractivity contribution in [1.82, 2.24) is 10.2 Å². The van der Waals surface area contributed by atoms with Gasteiger partial charge >= 0.3 is 5.97 Å². The largest absolute Gasteiger partial charge is 0.479 e. The Morgan fingerprint density at radius 3 is 2.39 bits per heavy atom. The first-order valence-corrected chi connectivity index (χ1v) is 7.43. The molecule has 1 unspecified atom stereocenters. The number of ether oxygens (including phenoxy) is 1. The van der Waals surface area contributed by atoms with Crippen molar-refractivity contribution in [2.24, 2.45) is 0 Å². The second-order valence-corrected chi connectivity index (χ2v) is 5.65. The van der Waals surface area contributed by atoms with Crippen LogP contribution >= 0.6 is 0 Å². The van der Waals surface area contributed by atoms with E-state index in [0.717, 1.165) is 0 Å². The second-order valence-electron chi connectivity index (χ2n) is 5.65. The molecule has 2 rings (SSSR count). The smallest absolute Gasteiger partial charge is 0.334 e. The van der Waals surface area contributed by atoms with Crippen LogP contribution in [0.1, 0.15) is 34.6 Å². The van der Waals surface area contributed by atoms with Gasteiger partial charge < -0.3 is 20.1 Å². The van der Waals surface area contributed by atoms with Crippen molar-refractivity contribution < 1.29 is 24.2 Å². The van der Waals surface area contributed by atoms with E-state index in [1.807, 2.05) is 13.8 Å². The molecule has 7 heteroatoms. The van der Waals surface area contributed by atoms with Gasteiger partial charge in [-0.05, 0) is 38.1 Å². The van der Waals surface area contributed by atoms with E-state index in [9.17, 15) is 14.4 Å². The third-order valence-corrected chi connectivity index (χ3v) is 3.44. The molecular weight excluding hydrogens is 300 g/mol. The molecule has 0 spiro atoms. The number of hydrogen-bond acceptors (Lipinski definition) is 4. The standard InChI is InChI=1S/C16H20N2O5/c1-10(2)17-14(19)11-3-5-12(6-4-11)15(20)18-7-8-23-13(9-18)16(21)22/h3-6,10,13H,7-9H2,1-2H3,(H,17,19)(H,21,22). The molecule has 0 bridgehead atoms. The highest BCUT2D eigenvalue weighted by Gasteiger charge is 2.29. The number of nitrogens with one attached hydrogen (secondary N) is 1. The van der Waals surface area contributed by atoms with Crippen LogP contribution in [0.5, 0.6) is 0 Å². The molecule has 2 amide bonds. The van der Waals surface area contributed by atoms with Gasteiger partial charge in [0.1, 0.15) is 0 Å². The van der Waals surface area contributed by atoms with E-state index in [1.165, 1.54) is 4.90 Å². The fourth-order valence-electron chi connectivity index (χ4n) is 2.28. The minimum Gasteiger partial charge on any atom is -0.479 e. The van der Waals surface area contributed by atoms with Crippen LogP contribution in [0.25, 0.3) is 0 Å². The molecule has 1 aliphatic rings. The van der Waals surface area contributed by atoms with Crippen LogP contribution < -0.4 is 5.32 Å². The quantitative estimate of drug-likeness (QED) is 0.853. The van der Waals surface area contributed by atoms with E-state index >= 15 is 0 Å². The number of benzene rings is 1. The van der Waals surface area contributed by atoms with Gasteiger partial charge in [0.2, 0.25) is 0 Å². The van der Waals surface area contributed by atoms with E-state index in [0.29, 0.717) is 17.7 Å². The van der Waals surface area contributed by atoms with E-state index in [1.54, 1.807) is 24.3 Å². The SMILES string of the molecule is CC(C)NC(=O)c1ccc(C(=O)N2CCOC(C(=O)O)C2)cc1. The van der Waals surface area contributed by atoms with Crippen LogP contribution in [0.2, 0.25) is 0 Å². The van der Waals surface area contributed by atoms with Gasteiger partial charge in [-0.3, -0.25) is 9.59 Å². The lowest BCUT2D eigenvalue weighted by Crippen LogP contribution is -2.48. The number of carbonyl (C=O) groups excluding carboxylic acids is 2. The first-order valence-electron chi connectivity index (χ1n) is 7.43. The summed E-state index contributed by atoms with van der Waals surface area (Å²) in [6.45, 7) is 4.29. The van der Waals surface area contributed by atoms with Gasteiger partial charge in [0.05, 0.1) is 13.2 Å². The van der Waals surface area contributed by atoms with E-state index in [4.69, 9.17) is 9.84 Å². The molecule has 124 valence electrons. The van der Waals surface area contributed by atoms with Crippen molar-refractivity contribution in [2.75, 3.05) is 19.7 Å². The second kappa shape index (κ2) is 7.23. The van der Waals surface area contributed by atoms with Crippen molar-refractivity contribution >= 4 is 17.8 Å². The molecule has 0 radical (unpaired) electrons. The summed E-state index contributed by atoms with van der Waals surface area (Å²) < 4.78 is 5.10. The molecule has 1 saturated heterocycles. The molecule has 1 aliphatic heterocycles. The van der Waals surface area contributed by atoms with Gasteiger partial charge in [-0.2, -0.15) is 0 Å². The van der Waals surface area contributed by atoms with Gasteiger partial charge in [0, 0.05) is 23.7 Å². The van der Waals surface area contributed by atoms with Crippen molar-refractivity contribution in [3.05, 3.63) is 35.4 Å². The van der Waals surface area contributed by atoms with Crippen molar-refractivity contribution in [3.8, 4) is 0 Å². The van der Waals surface area contributed by atoms with Crippen molar-refractivity contribution in [2.45, 2.75) is 26.0 Å². The van der Waals surface area contributed by atoms with Gasteiger partial charge in [-0.1, -0.05) is 0 Å². The molecule has 1 atom stereocenters. The topological polar surface area (TPSA) is 95.9 Å². The Labute approximate surface area is 134 Å². The number of amides is 2. The Morgan fingerprint density at radius 1 is 1.22 bits per heavy atom. The van der Waals surface area contributed by atoms with Gasteiger partial charge in [-0.25, -0.2) is 4.79 Å². The fourth-order valence-corrected chi connectivity index (χ4v) is 2.28. The summed E-state index contributed by atoms with van der Waals surface area (Å²) >= 11 is 0. The summed E-state index contributed by atoms with van der Waals surface area (Å²) in [5.41, 5.74) is 0.887. The number of carboxylic acids is 1. The fraction of sp³-hybridized carbons (Fsp3) is 0.438. The minimum atomic E-state index is -1.08. The highest BCUT2D eigenvalue weighted by Crippen LogP contribution is 2.12. The Morgan fingerprint density at radius 2 is 1.83 bits per heavy atom. The third-order valence-electron chi connectivity index (χ3n) is 3.44. The van der Waals surface area contributed by atoms with Crippen LogP contribution in [-0.4, -0.2) is 59.6 Å². The van der Waals surface area contributed by atoms with E-state index < -0.39 is 12.1 Å². The summed E-state index contributed by atoms with van der Waals surface area (Å²) in [7, 11) is 0. The summed E-state index contributed by atoms with van der Waals surface area (Å²) in [6.07, 6.45) is -0.996. The molecule has 1 aromatic rings. The number of nitrogens with zero attached hydrogens (tertiary/aromatic N) is 1. The van der Waals surface area contributed by atoms with E-state index in [2.05, 4.69) is 5.32 Å². The van der Waals surface area contributed by atoms with Crippen molar-refractivity contribution in [3.63, 3.8) is 0 Å². The first-order chi connectivity index (χ1) is 10.9. The molecule has 0 saturated carbocycles. The molecule has 1 fully saturated rings. The zero-order valence-electron chi connectivity index (χ0n) is 13.1. The normalized spacial score (nSPS) is 17.9. The molecule has 1 heterocycles. The third kappa shape index (κ3) is 4.29. The predicted octanol–water partition coefficient (Wildman–Crippen LogP) is 0.750. The highest BCUT2D eigenvalue weighted by molar-refractivity contribution is 5.98. The highest BCUT2D eigenvalue weighted by atomic mass is 16.5. The maximum Gasteiger partial charge on any atom is 0.334 e. The molecule has 7 nitrogen and oxygen atoms in total. The predicted molar refractivity (Wildman–Crippen MR) is 82.3 cm³/mol. The Hall–Kier alpha value is -2.41. The van der Waals surface area contributed by atoms with Gasteiger partial charge in [0.25, 0.3) is 11.8 Å².